The van der Waals surface area contributed by atoms with Gasteiger partial charge in [0.05, 0.1) is 36.6 Å². The molecule has 1 saturated heterocycles. The third-order valence-electron chi connectivity index (χ3n) is 4.54. The first-order valence-corrected chi connectivity index (χ1v) is 8.47. The maximum absolute atomic E-state index is 13.0. The first-order chi connectivity index (χ1) is 11.8. The molecule has 0 bridgehead atoms. The first-order valence-electron chi connectivity index (χ1n) is 8.47. The molecule has 0 unspecified atom stereocenters. The van der Waals surface area contributed by atoms with Gasteiger partial charge >= 0.3 is 0 Å². The summed E-state index contributed by atoms with van der Waals surface area (Å²) in [6, 6.07) is 7.48. The van der Waals surface area contributed by atoms with Crippen LogP contribution in [0.2, 0.25) is 0 Å². The number of aliphatic hydroxyl groups excluding tert-OH is 1. The van der Waals surface area contributed by atoms with Crippen molar-refractivity contribution in [2.24, 2.45) is 0 Å². The predicted octanol–water partition coefficient (Wildman–Crippen LogP) is 2.59. The molecule has 1 N–H and O–H groups in total. The Labute approximate surface area is 148 Å². The molecule has 1 aromatic heterocycles. The summed E-state index contributed by atoms with van der Waals surface area (Å²) in [5.74, 6) is 0.631. The lowest BCUT2D eigenvalue weighted by molar-refractivity contribution is 0.0715. The molecule has 0 saturated carbocycles. The fraction of sp³-hybridized carbons (Fsp3) is 0.474. The lowest BCUT2D eigenvalue weighted by Gasteiger charge is -2.24. The van der Waals surface area contributed by atoms with Crippen molar-refractivity contribution in [2.75, 3.05) is 13.7 Å². The van der Waals surface area contributed by atoms with Crippen LogP contribution >= 0.6 is 0 Å². The maximum atomic E-state index is 13.0. The molecule has 1 aliphatic heterocycles. The topological polar surface area (TPSA) is 67.6 Å². The largest absolute Gasteiger partial charge is 0.497 e. The van der Waals surface area contributed by atoms with E-state index in [0.717, 1.165) is 11.3 Å². The minimum atomic E-state index is -0.530. The second-order valence-electron chi connectivity index (χ2n) is 7.48. The number of ether oxygens (including phenoxy) is 1. The highest BCUT2D eigenvalue weighted by molar-refractivity contribution is 5.94. The van der Waals surface area contributed by atoms with Gasteiger partial charge in [0.2, 0.25) is 0 Å². The highest BCUT2D eigenvalue weighted by Crippen LogP contribution is 2.34. The van der Waals surface area contributed by atoms with Crippen LogP contribution in [0.3, 0.4) is 0 Å². The van der Waals surface area contributed by atoms with Crippen LogP contribution in [-0.4, -0.2) is 45.5 Å². The van der Waals surface area contributed by atoms with E-state index in [9.17, 15) is 9.90 Å². The van der Waals surface area contributed by atoms with Crippen LogP contribution < -0.4 is 4.74 Å². The summed E-state index contributed by atoms with van der Waals surface area (Å²) in [7, 11) is 1.62. The number of aromatic nitrogens is 2. The highest BCUT2D eigenvalue weighted by atomic mass is 16.5. The summed E-state index contributed by atoms with van der Waals surface area (Å²) in [5, 5.41) is 14.5. The van der Waals surface area contributed by atoms with Gasteiger partial charge in [0.1, 0.15) is 5.75 Å². The molecule has 1 aromatic carbocycles. The summed E-state index contributed by atoms with van der Waals surface area (Å²) in [5.41, 5.74) is 1.32. The summed E-state index contributed by atoms with van der Waals surface area (Å²) < 4.78 is 7.07. The Morgan fingerprint density at radius 2 is 2.12 bits per heavy atom. The number of aliphatic hydroxyl groups is 1. The molecule has 25 heavy (non-hydrogen) atoms. The average molecular weight is 343 g/mol. The highest BCUT2D eigenvalue weighted by Gasteiger charge is 2.36. The van der Waals surface area contributed by atoms with Crippen LogP contribution in [0.15, 0.2) is 36.7 Å². The van der Waals surface area contributed by atoms with E-state index in [1.165, 1.54) is 0 Å². The van der Waals surface area contributed by atoms with Crippen molar-refractivity contribution in [3.8, 4) is 5.75 Å². The van der Waals surface area contributed by atoms with Gasteiger partial charge in [0.15, 0.2) is 0 Å². The van der Waals surface area contributed by atoms with E-state index in [4.69, 9.17) is 4.74 Å². The number of β-amino-alcohol motifs (C(OH)–C–C–N with tert-alkyl or cyclic N) is 1. The lowest BCUT2D eigenvalue weighted by Crippen LogP contribution is -2.31. The second kappa shape index (κ2) is 6.52. The average Bonchev–Trinajstić information content (AvgIpc) is 3.21. The SMILES string of the molecule is COc1cccc([C@H]2C[C@H](O)CN2C(=O)c2cnn(C(C)(C)C)c2)c1. The number of nitrogens with zero attached hydrogens (tertiary/aromatic N) is 3. The summed E-state index contributed by atoms with van der Waals surface area (Å²) in [6.45, 7) is 6.42. The third-order valence-corrected chi connectivity index (χ3v) is 4.54. The van der Waals surface area contributed by atoms with Crippen molar-refractivity contribution >= 4 is 5.91 Å². The van der Waals surface area contributed by atoms with E-state index >= 15 is 0 Å². The van der Waals surface area contributed by atoms with E-state index in [1.807, 2.05) is 45.0 Å². The van der Waals surface area contributed by atoms with Crippen LogP contribution in [0.25, 0.3) is 0 Å². The molecule has 1 amide bonds. The molecule has 0 radical (unpaired) electrons. The van der Waals surface area contributed by atoms with Crippen LogP contribution in [0.1, 0.15) is 49.2 Å². The van der Waals surface area contributed by atoms with Gasteiger partial charge in [0.25, 0.3) is 5.91 Å². The Morgan fingerprint density at radius 3 is 2.76 bits per heavy atom. The Kier molecular flexibility index (Phi) is 4.56. The predicted molar refractivity (Wildman–Crippen MR) is 94.6 cm³/mol. The van der Waals surface area contributed by atoms with Gasteiger partial charge in [-0.2, -0.15) is 5.10 Å². The van der Waals surface area contributed by atoms with Crippen molar-refractivity contribution in [1.82, 2.24) is 14.7 Å². The zero-order valence-corrected chi connectivity index (χ0v) is 15.1. The van der Waals surface area contributed by atoms with E-state index in [1.54, 1.807) is 29.1 Å². The number of rotatable bonds is 3. The molecule has 2 heterocycles. The van der Waals surface area contributed by atoms with E-state index in [2.05, 4.69) is 5.10 Å². The van der Waals surface area contributed by atoms with E-state index < -0.39 is 6.10 Å². The van der Waals surface area contributed by atoms with Gasteiger partial charge in [-0.15, -0.1) is 0 Å². The molecule has 134 valence electrons. The Morgan fingerprint density at radius 1 is 1.36 bits per heavy atom. The molecule has 3 rings (SSSR count). The molecule has 0 spiro atoms. The molecule has 6 heteroatoms. The van der Waals surface area contributed by atoms with Crippen molar-refractivity contribution in [3.05, 3.63) is 47.8 Å². The number of hydrogen-bond acceptors (Lipinski definition) is 4. The molecule has 2 aromatic rings. The van der Waals surface area contributed by atoms with Gasteiger partial charge < -0.3 is 14.7 Å². The quantitative estimate of drug-likeness (QED) is 0.930. The van der Waals surface area contributed by atoms with Crippen LogP contribution in [0.5, 0.6) is 5.75 Å². The van der Waals surface area contributed by atoms with Gasteiger partial charge in [0, 0.05) is 12.7 Å². The fourth-order valence-electron chi connectivity index (χ4n) is 3.17. The van der Waals surface area contributed by atoms with Gasteiger partial charge in [-0.3, -0.25) is 9.48 Å². The summed E-state index contributed by atoms with van der Waals surface area (Å²) >= 11 is 0. The van der Waals surface area contributed by atoms with E-state index in [0.29, 0.717) is 18.5 Å². The molecule has 1 aliphatic rings. The zero-order chi connectivity index (χ0) is 18.2. The van der Waals surface area contributed by atoms with Crippen molar-refractivity contribution in [1.29, 1.82) is 0 Å². The number of likely N-dealkylation sites (tertiary alicyclic amines) is 1. The van der Waals surface area contributed by atoms with Crippen molar-refractivity contribution in [3.63, 3.8) is 0 Å². The Balaban J connectivity index is 1.88. The molecular formula is C19H25N3O3. The molecule has 0 aliphatic carbocycles. The van der Waals surface area contributed by atoms with Gasteiger partial charge in [-0.1, -0.05) is 12.1 Å². The number of benzene rings is 1. The standard InChI is InChI=1S/C19H25N3O3/c1-19(2,3)22-11-14(10-20-22)18(24)21-12-15(23)9-17(21)13-6-5-7-16(8-13)25-4/h5-8,10-11,15,17,23H,9,12H2,1-4H3/t15-,17+/m0/s1. The Hall–Kier alpha value is -2.34. The number of hydrogen-bond donors (Lipinski definition) is 1. The fourth-order valence-corrected chi connectivity index (χ4v) is 3.17. The van der Waals surface area contributed by atoms with Crippen molar-refractivity contribution in [2.45, 2.75) is 44.9 Å². The minimum absolute atomic E-state index is 0.111. The van der Waals surface area contributed by atoms with Crippen LogP contribution in [0.4, 0.5) is 0 Å². The second-order valence-corrected chi connectivity index (χ2v) is 7.48. The monoisotopic (exact) mass is 343 g/mol. The Bertz CT molecular complexity index is 763. The van der Waals surface area contributed by atoms with Gasteiger partial charge in [-0.05, 0) is 44.9 Å². The number of carbonyl (C=O) groups excluding carboxylic acids is 1. The smallest absolute Gasteiger partial charge is 0.257 e. The van der Waals surface area contributed by atoms with E-state index in [-0.39, 0.29) is 17.5 Å². The zero-order valence-electron chi connectivity index (χ0n) is 15.1. The van der Waals surface area contributed by atoms with Crippen LogP contribution in [-0.2, 0) is 5.54 Å². The molecule has 6 nitrogen and oxygen atoms in total. The molecule has 1 fully saturated rings. The molecular weight excluding hydrogens is 318 g/mol. The normalized spacial score (nSPS) is 20.8. The number of carbonyl (C=O) groups is 1. The minimum Gasteiger partial charge on any atom is -0.497 e. The molecule has 2 atom stereocenters. The van der Waals surface area contributed by atoms with Gasteiger partial charge in [-0.25, -0.2) is 0 Å². The van der Waals surface area contributed by atoms with Crippen LogP contribution in [0, 0.1) is 0 Å². The third kappa shape index (κ3) is 3.54. The first kappa shape index (κ1) is 17.5. The summed E-state index contributed by atoms with van der Waals surface area (Å²) in [4.78, 5) is 14.7. The number of amides is 1. The maximum Gasteiger partial charge on any atom is 0.257 e. The number of methoxy groups -OCH3 is 1. The summed E-state index contributed by atoms with van der Waals surface area (Å²) in [6.07, 6.45) is 3.36. The van der Waals surface area contributed by atoms with Crippen molar-refractivity contribution < 1.29 is 14.6 Å². The lowest BCUT2D eigenvalue weighted by atomic mass is 10.0.